The smallest absolute Gasteiger partial charge is 0.321 e. The van der Waals surface area contributed by atoms with Gasteiger partial charge in [0.1, 0.15) is 5.75 Å². The van der Waals surface area contributed by atoms with Crippen LogP contribution in [0.1, 0.15) is 12.5 Å². The van der Waals surface area contributed by atoms with Crippen LogP contribution in [-0.4, -0.2) is 56.4 Å². The number of carbonyl (C=O) groups is 1. The van der Waals surface area contributed by atoms with Gasteiger partial charge >= 0.3 is 6.03 Å². The molecule has 8 heteroatoms. The number of piperazine rings is 1. The average Bonchev–Trinajstić information content (AvgIpc) is 2.68. The van der Waals surface area contributed by atoms with Gasteiger partial charge in [0.25, 0.3) is 0 Å². The van der Waals surface area contributed by atoms with Crippen molar-refractivity contribution in [3.8, 4) is 5.75 Å². The summed E-state index contributed by atoms with van der Waals surface area (Å²) in [7, 11) is -1.91. The van der Waals surface area contributed by atoms with Gasteiger partial charge in [0.2, 0.25) is 10.0 Å². The van der Waals surface area contributed by atoms with Crippen LogP contribution in [0, 0.1) is 0 Å². The molecule has 2 aromatic rings. The predicted octanol–water partition coefficient (Wildman–Crippen LogP) is 2.76. The van der Waals surface area contributed by atoms with E-state index in [9.17, 15) is 13.2 Å². The van der Waals surface area contributed by atoms with Crippen molar-refractivity contribution < 1.29 is 17.9 Å². The van der Waals surface area contributed by atoms with E-state index in [2.05, 4.69) is 5.32 Å². The van der Waals surface area contributed by atoms with E-state index in [4.69, 9.17) is 4.74 Å². The molecule has 2 amide bonds. The monoisotopic (exact) mass is 403 g/mol. The lowest BCUT2D eigenvalue weighted by Gasteiger charge is -2.38. The van der Waals surface area contributed by atoms with Gasteiger partial charge in [-0.3, -0.25) is 0 Å². The molecule has 0 spiro atoms. The summed E-state index contributed by atoms with van der Waals surface area (Å²) in [6.45, 7) is 2.81. The van der Waals surface area contributed by atoms with Crippen molar-refractivity contribution in [1.29, 1.82) is 0 Å². The van der Waals surface area contributed by atoms with Crippen molar-refractivity contribution in [1.82, 2.24) is 9.21 Å². The Kier molecular flexibility index (Phi) is 6.21. The summed E-state index contributed by atoms with van der Waals surface area (Å²) in [5.41, 5.74) is 1.42. The number of ether oxygens (including phenoxy) is 1. The van der Waals surface area contributed by atoms with Crippen molar-refractivity contribution >= 4 is 21.7 Å². The quantitative estimate of drug-likeness (QED) is 0.833. The van der Waals surface area contributed by atoms with Crippen LogP contribution in [0.3, 0.4) is 0 Å². The molecule has 1 aliphatic rings. The second kappa shape index (κ2) is 8.62. The molecule has 0 saturated carbocycles. The SMILES string of the molecule is COc1ccc(CS(=O)(=O)N2CCN(C(=O)Nc3ccccc3)CC2C)cc1. The molecule has 150 valence electrons. The fourth-order valence-corrected chi connectivity index (χ4v) is 5.03. The number of carbonyl (C=O) groups excluding carboxylic acids is 1. The highest BCUT2D eigenvalue weighted by atomic mass is 32.2. The maximum atomic E-state index is 12.9. The van der Waals surface area contributed by atoms with Crippen molar-refractivity contribution in [2.75, 3.05) is 32.1 Å². The maximum absolute atomic E-state index is 12.9. The van der Waals surface area contributed by atoms with E-state index in [0.717, 1.165) is 5.69 Å². The summed E-state index contributed by atoms with van der Waals surface area (Å²) in [5, 5.41) is 2.84. The zero-order valence-corrected chi connectivity index (χ0v) is 16.9. The van der Waals surface area contributed by atoms with Gasteiger partial charge in [-0.05, 0) is 36.8 Å². The van der Waals surface area contributed by atoms with Crippen LogP contribution in [0.25, 0.3) is 0 Å². The lowest BCUT2D eigenvalue weighted by Crippen LogP contribution is -2.56. The van der Waals surface area contributed by atoms with Crippen LogP contribution in [0.15, 0.2) is 54.6 Å². The Morgan fingerprint density at radius 3 is 2.39 bits per heavy atom. The Morgan fingerprint density at radius 1 is 1.11 bits per heavy atom. The van der Waals surface area contributed by atoms with Crippen LogP contribution in [0.4, 0.5) is 10.5 Å². The minimum atomic E-state index is -3.48. The number of methoxy groups -OCH3 is 1. The van der Waals surface area contributed by atoms with Gasteiger partial charge in [-0.2, -0.15) is 4.31 Å². The molecule has 1 heterocycles. The van der Waals surface area contributed by atoms with Crippen molar-refractivity contribution in [2.45, 2.75) is 18.7 Å². The highest BCUT2D eigenvalue weighted by Gasteiger charge is 2.34. The number of hydrogen-bond donors (Lipinski definition) is 1. The molecule has 0 aromatic heterocycles. The van der Waals surface area contributed by atoms with Crippen LogP contribution in [-0.2, 0) is 15.8 Å². The Labute approximate surface area is 166 Å². The molecule has 1 aliphatic heterocycles. The fraction of sp³-hybridized carbons (Fsp3) is 0.350. The van der Waals surface area contributed by atoms with Gasteiger partial charge < -0.3 is 15.0 Å². The maximum Gasteiger partial charge on any atom is 0.321 e. The van der Waals surface area contributed by atoms with Crippen molar-refractivity contribution in [3.05, 3.63) is 60.2 Å². The minimum Gasteiger partial charge on any atom is -0.497 e. The number of benzene rings is 2. The number of urea groups is 1. The molecule has 3 rings (SSSR count). The summed E-state index contributed by atoms with van der Waals surface area (Å²) in [6, 6.07) is 15.7. The number of para-hydroxylation sites is 1. The molecule has 1 unspecified atom stereocenters. The summed E-state index contributed by atoms with van der Waals surface area (Å²) in [5.74, 6) is 0.616. The number of amides is 2. The van der Waals surface area contributed by atoms with Crippen molar-refractivity contribution in [3.63, 3.8) is 0 Å². The fourth-order valence-electron chi connectivity index (χ4n) is 3.28. The minimum absolute atomic E-state index is 0.0719. The standard InChI is InChI=1S/C20H25N3O4S/c1-16-14-22(20(24)21-18-6-4-3-5-7-18)12-13-23(16)28(25,26)15-17-8-10-19(27-2)11-9-17/h3-11,16H,12-15H2,1-2H3,(H,21,24). The Hall–Kier alpha value is -2.58. The van der Waals surface area contributed by atoms with E-state index in [1.807, 2.05) is 37.3 Å². The molecule has 0 aliphatic carbocycles. The third-order valence-electron chi connectivity index (χ3n) is 4.74. The topological polar surface area (TPSA) is 79.0 Å². The molecular weight excluding hydrogens is 378 g/mol. The van der Waals surface area contributed by atoms with Gasteiger partial charge in [-0.25, -0.2) is 13.2 Å². The lowest BCUT2D eigenvalue weighted by atomic mass is 10.2. The van der Waals surface area contributed by atoms with E-state index < -0.39 is 10.0 Å². The first-order valence-corrected chi connectivity index (χ1v) is 10.7. The Balaban J connectivity index is 1.61. The van der Waals surface area contributed by atoms with Gasteiger partial charge in [-0.15, -0.1) is 0 Å². The van der Waals surface area contributed by atoms with Gasteiger partial charge in [0.05, 0.1) is 12.9 Å². The average molecular weight is 404 g/mol. The molecule has 1 saturated heterocycles. The molecule has 0 bridgehead atoms. The van der Waals surface area contributed by atoms with E-state index in [0.29, 0.717) is 24.4 Å². The van der Waals surface area contributed by atoms with Crippen LogP contribution in [0.2, 0.25) is 0 Å². The number of anilines is 1. The molecule has 28 heavy (non-hydrogen) atoms. The number of nitrogens with one attached hydrogen (secondary N) is 1. The molecule has 1 fully saturated rings. The molecule has 1 atom stereocenters. The van der Waals surface area contributed by atoms with Gasteiger partial charge in [0, 0.05) is 31.4 Å². The van der Waals surface area contributed by atoms with Crippen molar-refractivity contribution in [2.24, 2.45) is 0 Å². The molecule has 0 radical (unpaired) electrons. The Bertz CT molecular complexity index is 901. The predicted molar refractivity (Wildman–Crippen MR) is 109 cm³/mol. The van der Waals surface area contributed by atoms with E-state index >= 15 is 0 Å². The zero-order valence-electron chi connectivity index (χ0n) is 16.0. The number of hydrogen-bond acceptors (Lipinski definition) is 4. The molecule has 2 aromatic carbocycles. The van der Waals surface area contributed by atoms with E-state index in [1.54, 1.807) is 36.3 Å². The molecule has 1 N–H and O–H groups in total. The first kappa shape index (κ1) is 20.2. The third-order valence-corrected chi connectivity index (χ3v) is 6.70. The summed E-state index contributed by atoms with van der Waals surface area (Å²) in [6.07, 6.45) is 0. The second-order valence-electron chi connectivity index (χ2n) is 6.81. The van der Waals surface area contributed by atoms with Gasteiger partial charge in [0.15, 0.2) is 0 Å². The summed E-state index contributed by atoms with van der Waals surface area (Å²) < 4.78 is 32.3. The van der Waals surface area contributed by atoms with E-state index in [1.165, 1.54) is 4.31 Å². The first-order valence-electron chi connectivity index (χ1n) is 9.12. The number of sulfonamides is 1. The molecule has 7 nitrogen and oxygen atoms in total. The largest absolute Gasteiger partial charge is 0.497 e. The highest BCUT2D eigenvalue weighted by molar-refractivity contribution is 7.88. The second-order valence-corrected chi connectivity index (χ2v) is 8.73. The lowest BCUT2D eigenvalue weighted by molar-refractivity contribution is 0.157. The summed E-state index contributed by atoms with van der Waals surface area (Å²) in [4.78, 5) is 14.1. The van der Waals surface area contributed by atoms with Crippen LogP contribution < -0.4 is 10.1 Å². The van der Waals surface area contributed by atoms with E-state index in [-0.39, 0.29) is 24.4 Å². The molecular formula is C20H25N3O4S. The van der Waals surface area contributed by atoms with Crippen LogP contribution >= 0.6 is 0 Å². The number of rotatable bonds is 5. The van der Waals surface area contributed by atoms with Crippen LogP contribution in [0.5, 0.6) is 5.75 Å². The zero-order chi connectivity index (χ0) is 20.1. The Morgan fingerprint density at radius 2 is 1.79 bits per heavy atom. The third kappa shape index (κ3) is 4.82. The summed E-state index contributed by atoms with van der Waals surface area (Å²) >= 11 is 0. The number of nitrogens with zero attached hydrogens (tertiary/aromatic N) is 2. The first-order chi connectivity index (χ1) is 13.4. The van der Waals surface area contributed by atoms with Gasteiger partial charge in [-0.1, -0.05) is 30.3 Å². The highest BCUT2D eigenvalue weighted by Crippen LogP contribution is 2.20. The normalized spacial score (nSPS) is 17.9.